The highest BCUT2D eigenvalue weighted by Gasteiger charge is 2.23. The van der Waals surface area contributed by atoms with E-state index in [1.807, 2.05) is 4.83 Å². The van der Waals surface area contributed by atoms with Crippen LogP contribution in [0.3, 0.4) is 0 Å². The van der Waals surface area contributed by atoms with E-state index in [1.54, 1.807) is 0 Å². The minimum Gasteiger partial charge on any atom is -0.349 e. The van der Waals surface area contributed by atoms with Gasteiger partial charge in [0.15, 0.2) is 0 Å². The minimum absolute atomic E-state index is 0.0601. The second-order valence-electron chi connectivity index (χ2n) is 7.16. The Morgan fingerprint density at radius 2 is 1.55 bits per heavy atom. The number of hydrogen-bond donors (Lipinski definition) is 3. The summed E-state index contributed by atoms with van der Waals surface area (Å²) in [6.07, 6.45) is 7.20. The lowest BCUT2D eigenvalue weighted by Gasteiger charge is -2.29. The SMILES string of the molecule is C[C@@H]1CCCC[C@H]1NC(=O)c1ccc(S(=O)(=O)NNC(=O)c2ccncc2)cc1. The number of amides is 2. The van der Waals surface area contributed by atoms with Crippen LogP contribution in [-0.2, 0) is 10.0 Å². The highest BCUT2D eigenvalue weighted by molar-refractivity contribution is 7.89. The van der Waals surface area contributed by atoms with Crippen LogP contribution in [0.4, 0.5) is 0 Å². The number of benzene rings is 1. The van der Waals surface area contributed by atoms with Gasteiger partial charge in [-0.05, 0) is 55.2 Å². The topological polar surface area (TPSA) is 117 Å². The Kier molecular flexibility index (Phi) is 6.60. The number of rotatable bonds is 6. The molecule has 3 N–H and O–H groups in total. The maximum atomic E-state index is 12.5. The van der Waals surface area contributed by atoms with Crippen molar-refractivity contribution in [1.29, 1.82) is 0 Å². The van der Waals surface area contributed by atoms with Crippen LogP contribution in [0.1, 0.15) is 53.3 Å². The first-order valence-corrected chi connectivity index (χ1v) is 11.0. The molecule has 2 amide bonds. The molecule has 0 spiro atoms. The molecule has 1 aromatic heterocycles. The fourth-order valence-corrected chi connectivity index (χ4v) is 4.16. The van der Waals surface area contributed by atoms with E-state index in [4.69, 9.17) is 0 Å². The molecule has 1 aliphatic rings. The van der Waals surface area contributed by atoms with E-state index in [-0.39, 0.29) is 22.4 Å². The predicted molar refractivity (Wildman–Crippen MR) is 107 cm³/mol. The Labute approximate surface area is 170 Å². The molecule has 1 aliphatic carbocycles. The molecule has 1 heterocycles. The lowest BCUT2D eigenvalue weighted by atomic mass is 9.86. The first-order valence-electron chi connectivity index (χ1n) is 9.50. The molecule has 0 unspecified atom stereocenters. The van der Waals surface area contributed by atoms with Gasteiger partial charge in [-0.3, -0.25) is 20.0 Å². The van der Waals surface area contributed by atoms with E-state index in [0.29, 0.717) is 11.5 Å². The number of nitrogens with zero attached hydrogens (tertiary/aromatic N) is 1. The van der Waals surface area contributed by atoms with Gasteiger partial charge in [-0.1, -0.05) is 19.8 Å². The predicted octanol–water partition coefficient (Wildman–Crippen LogP) is 2.01. The number of sulfonamides is 1. The highest BCUT2D eigenvalue weighted by atomic mass is 32.2. The van der Waals surface area contributed by atoms with Crippen molar-refractivity contribution in [3.8, 4) is 0 Å². The third kappa shape index (κ3) is 5.39. The molecule has 3 rings (SSSR count). The van der Waals surface area contributed by atoms with Gasteiger partial charge in [0.25, 0.3) is 21.8 Å². The van der Waals surface area contributed by atoms with Crippen LogP contribution in [0, 0.1) is 5.92 Å². The van der Waals surface area contributed by atoms with Crippen molar-refractivity contribution >= 4 is 21.8 Å². The summed E-state index contributed by atoms with van der Waals surface area (Å²) in [5, 5.41) is 3.04. The third-order valence-electron chi connectivity index (χ3n) is 5.10. The monoisotopic (exact) mass is 416 g/mol. The van der Waals surface area contributed by atoms with Gasteiger partial charge in [0.1, 0.15) is 0 Å². The number of carbonyl (C=O) groups excluding carboxylic acids is 2. The number of aromatic nitrogens is 1. The largest absolute Gasteiger partial charge is 0.349 e. The van der Waals surface area contributed by atoms with E-state index >= 15 is 0 Å². The molecule has 0 radical (unpaired) electrons. The summed E-state index contributed by atoms with van der Waals surface area (Å²) in [6.45, 7) is 2.13. The van der Waals surface area contributed by atoms with Crippen molar-refractivity contribution in [2.45, 2.75) is 43.5 Å². The molecule has 0 saturated heterocycles. The summed E-state index contributed by atoms with van der Waals surface area (Å²) >= 11 is 0. The van der Waals surface area contributed by atoms with Crippen molar-refractivity contribution in [3.63, 3.8) is 0 Å². The maximum Gasteiger partial charge on any atom is 0.266 e. The number of hydrazine groups is 1. The van der Waals surface area contributed by atoms with Gasteiger partial charge in [-0.25, -0.2) is 8.42 Å². The molecule has 1 saturated carbocycles. The lowest BCUT2D eigenvalue weighted by molar-refractivity contribution is 0.0908. The highest BCUT2D eigenvalue weighted by Crippen LogP contribution is 2.24. The van der Waals surface area contributed by atoms with Crippen molar-refractivity contribution < 1.29 is 18.0 Å². The third-order valence-corrected chi connectivity index (χ3v) is 6.36. The van der Waals surface area contributed by atoms with E-state index in [0.717, 1.165) is 19.3 Å². The molecule has 8 nitrogen and oxygen atoms in total. The van der Waals surface area contributed by atoms with Gasteiger partial charge in [0.2, 0.25) is 0 Å². The van der Waals surface area contributed by atoms with Gasteiger partial charge in [0, 0.05) is 29.6 Å². The number of pyridine rings is 1. The summed E-state index contributed by atoms with van der Waals surface area (Å²) < 4.78 is 24.7. The summed E-state index contributed by atoms with van der Waals surface area (Å²) in [6, 6.07) is 8.66. The van der Waals surface area contributed by atoms with Crippen LogP contribution in [0.15, 0.2) is 53.7 Å². The molecule has 1 fully saturated rings. The zero-order valence-electron chi connectivity index (χ0n) is 16.1. The van der Waals surface area contributed by atoms with E-state index in [9.17, 15) is 18.0 Å². The number of carbonyl (C=O) groups is 2. The normalized spacial score (nSPS) is 19.3. The summed E-state index contributed by atoms with van der Waals surface area (Å²) in [5.41, 5.74) is 2.81. The molecule has 2 atom stereocenters. The van der Waals surface area contributed by atoms with Crippen LogP contribution in [0.5, 0.6) is 0 Å². The van der Waals surface area contributed by atoms with Gasteiger partial charge in [-0.2, -0.15) is 0 Å². The van der Waals surface area contributed by atoms with Crippen molar-refractivity contribution in [2.24, 2.45) is 5.92 Å². The summed E-state index contributed by atoms with van der Waals surface area (Å²) in [5.74, 6) is -0.388. The van der Waals surface area contributed by atoms with Crippen LogP contribution in [-0.4, -0.2) is 31.3 Å². The van der Waals surface area contributed by atoms with Crippen LogP contribution < -0.4 is 15.6 Å². The van der Waals surface area contributed by atoms with Crippen molar-refractivity contribution in [2.75, 3.05) is 0 Å². The lowest BCUT2D eigenvalue weighted by Crippen LogP contribution is -2.41. The van der Waals surface area contributed by atoms with Crippen LogP contribution in [0.2, 0.25) is 0 Å². The first kappa shape index (κ1) is 20.9. The molecule has 1 aromatic carbocycles. The second kappa shape index (κ2) is 9.15. The van der Waals surface area contributed by atoms with E-state index < -0.39 is 15.9 Å². The zero-order chi connectivity index (χ0) is 20.9. The molecule has 9 heteroatoms. The van der Waals surface area contributed by atoms with Gasteiger partial charge >= 0.3 is 0 Å². The fourth-order valence-electron chi connectivity index (χ4n) is 3.32. The van der Waals surface area contributed by atoms with Gasteiger partial charge < -0.3 is 5.32 Å². The Bertz CT molecular complexity index is 962. The molecule has 154 valence electrons. The Hall–Kier alpha value is -2.78. The molecule has 0 bridgehead atoms. The average molecular weight is 417 g/mol. The molecular formula is C20H24N4O4S. The quantitative estimate of drug-likeness (QED) is 0.623. The molecule has 29 heavy (non-hydrogen) atoms. The Morgan fingerprint density at radius 3 is 2.21 bits per heavy atom. The second-order valence-corrected chi connectivity index (χ2v) is 8.84. The van der Waals surface area contributed by atoms with E-state index in [1.165, 1.54) is 55.2 Å². The van der Waals surface area contributed by atoms with Crippen molar-refractivity contribution in [3.05, 3.63) is 59.9 Å². The average Bonchev–Trinajstić information content (AvgIpc) is 2.74. The Morgan fingerprint density at radius 1 is 0.931 bits per heavy atom. The smallest absolute Gasteiger partial charge is 0.266 e. The Balaban J connectivity index is 1.60. The number of nitrogens with one attached hydrogen (secondary N) is 3. The van der Waals surface area contributed by atoms with Crippen LogP contribution >= 0.6 is 0 Å². The zero-order valence-corrected chi connectivity index (χ0v) is 16.9. The standard InChI is InChI=1S/C20H24N4O4S/c1-14-4-2-3-5-18(14)22-19(25)15-6-8-17(9-7-15)29(27,28)24-23-20(26)16-10-12-21-13-11-16/h6-14,18,24H,2-5H2,1H3,(H,22,25)(H,23,26)/t14-,18-/m1/s1. The van der Waals surface area contributed by atoms with Gasteiger partial charge in [0.05, 0.1) is 4.90 Å². The molecule has 0 aliphatic heterocycles. The van der Waals surface area contributed by atoms with E-state index in [2.05, 4.69) is 22.7 Å². The summed E-state index contributed by atoms with van der Waals surface area (Å²) in [4.78, 5) is 30.2. The maximum absolute atomic E-state index is 12.5. The van der Waals surface area contributed by atoms with Gasteiger partial charge in [-0.15, -0.1) is 4.83 Å². The van der Waals surface area contributed by atoms with Crippen LogP contribution in [0.25, 0.3) is 0 Å². The first-order chi connectivity index (χ1) is 13.9. The molecular weight excluding hydrogens is 392 g/mol. The number of hydrogen-bond acceptors (Lipinski definition) is 5. The molecule has 2 aromatic rings. The minimum atomic E-state index is -3.97. The summed E-state index contributed by atoms with van der Waals surface area (Å²) in [7, 11) is -3.97. The fraction of sp³-hybridized carbons (Fsp3) is 0.350. The van der Waals surface area contributed by atoms with Crippen molar-refractivity contribution in [1.82, 2.24) is 20.6 Å².